The van der Waals surface area contributed by atoms with Crippen molar-refractivity contribution in [3.05, 3.63) is 41.3 Å². The number of likely N-dealkylation sites (tertiary alicyclic amines) is 1. The van der Waals surface area contributed by atoms with Gasteiger partial charge >= 0.3 is 0 Å². The van der Waals surface area contributed by atoms with Crippen LogP contribution in [-0.4, -0.2) is 63.9 Å². The van der Waals surface area contributed by atoms with Crippen molar-refractivity contribution in [2.24, 2.45) is 0 Å². The zero-order chi connectivity index (χ0) is 28.1. The molecular formula is C30H42FN7S2. The maximum absolute atomic E-state index is 15.8. The zero-order valence-corrected chi connectivity index (χ0v) is 25.7. The second-order valence-corrected chi connectivity index (χ2v) is 13.7. The van der Waals surface area contributed by atoms with Crippen LogP contribution in [0, 0.1) is 5.82 Å². The second kappa shape index (κ2) is 13.1. The van der Waals surface area contributed by atoms with Gasteiger partial charge in [-0.05, 0) is 63.4 Å². The monoisotopic (exact) mass is 583 g/mol. The van der Waals surface area contributed by atoms with Crippen molar-refractivity contribution in [2.75, 3.05) is 42.0 Å². The number of nitrogens with zero attached hydrogens (tertiary/aromatic N) is 4. The highest BCUT2D eigenvalue weighted by atomic mass is 32.2. The lowest BCUT2D eigenvalue weighted by molar-refractivity contribution is 0.130. The fraction of sp³-hybridized carbons (Fsp3) is 0.567. The first-order chi connectivity index (χ1) is 19.3. The van der Waals surface area contributed by atoms with Gasteiger partial charge in [0, 0.05) is 48.1 Å². The normalized spacial score (nSPS) is 17.7. The van der Waals surface area contributed by atoms with Gasteiger partial charge in [-0.2, -0.15) is 0 Å². The summed E-state index contributed by atoms with van der Waals surface area (Å²) in [5.74, 6) is 1.25. The minimum absolute atomic E-state index is 0.169. The predicted octanol–water partition coefficient (Wildman–Crippen LogP) is 6.80. The maximum atomic E-state index is 15.8. The first-order valence-electron chi connectivity index (χ1n) is 14.6. The summed E-state index contributed by atoms with van der Waals surface area (Å²) < 4.78 is 19.0. The molecule has 0 aliphatic carbocycles. The van der Waals surface area contributed by atoms with E-state index < -0.39 is 0 Å². The largest absolute Gasteiger partial charge is 0.351 e. The Morgan fingerprint density at radius 3 is 2.60 bits per heavy atom. The molecule has 216 valence electrons. The van der Waals surface area contributed by atoms with E-state index in [1.165, 1.54) is 24.8 Å². The Hall–Kier alpha value is -2.27. The molecule has 7 nitrogen and oxygen atoms in total. The number of hydrogen-bond donors (Lipinski definition) is 3. The van der Waals surface area contributed by atoms with E-state index in [9.17, 15) is 0 Å². The number of thiazole rings is 1. The molecule has 0 saturated carbocycles. The summed E-state index contributed by atoms with van der Waals surface area (Å²) in [4.78, 5) is 18.0. The van der Waals surface area contributed by atoms with Crippen LogP contribution in [-0.2, 0) is 5.41 Å². The van der Waals surface area contributed by atoms with Gasteiger partial charge in [0.15, 0.2) is 5.82 Å². The molecule has 40 heavy (non-hydrogen) atoms. The number of rotatable bonds is 9. The van der Waals surface area contributed by atoms with E-state index in [0.29, 0.717) is 35.0 Å². The van der Waals surface area contributed by atoms with Crippen molar-refractivity contribution >= 4 is 34.9 Å². The molecule has 3 N–H and O–H groups in total. The van der Waals surface area contributed by atoms with Gasteiger partial charge in [0.1, 0.15) is 0 Å². The molecule has 4 heterocycles. The van der Waals surface area contributed by atoms with Crippen molar-refractivity contribution in [1.82, 2.24) is 25.2 Å². The van der Waals surface area contributed by atoms with Gasteiger partial charge < -0.3 is 20.3 Å². The standard InChI is InChI=1S/C30H42FN7S2/c1-5-19-39-37-23-8-6-7-22(25(23)31)26-27(40-28(36-26)30(2,3)4)24-11-16-33-29(35-24)34-20-12-17-38(18-13-20)21-9-14-32-15-10-21/h6-8,11,16,20-21,32,37H,5,9-10,12-15,17-19H2,1-4H3,(H,33,34,35). The number of anilines is 2. The van der Waals surface area contributed by atoms with Crippen LogP contribution in [0.4, 0.5) is 16.0 Å². The van der Waals surface area contributed by atoms with Gasteiger partial charge in [-0.25, -0.2) is 19.3 Å². The Kier molecular flexibility index (Phi) is 9.60. The van der Waals surface area contributed by atoms with Gasteiger partial charge in [-0.1, -0.05) is 45.7 Å². The number of hydrogen-bond acceptors (Lipinski definition) is 9. The van der Waals surface area contributed by atoms with Crippen molar-refractivity contribution in [2.45, 2.75) is 77.3 Å². The zero-order valence-electron chi connectivity index (χ0n) is 24.1. The summed E-state index contributed by atoms with van der Waals surface area (Å²) in [6.45, 7) is 13.0. The van der Waals surface area contributed by atoms with Crippen LogP contribution in [0.15, 0.2) is 30.5 Å². The predicted molar refractivity (Wildman–Crippen MR) is 168 cm³/mol. The number of benzene rings is 1. The van der Waals surface area contributed by atoms with Gasteiger partial charge in [0.2, 0.25) is 5.95 Å². The van der Waals surface area contributed by atoms with E-state index in [1.54, 1.807) is 23.6 Å². The Balaban J connectivity index is 1.37. The van der Waals surface area contributed by atoms with Crippen LogP contribution in [0.5, 0.6) is 0 Å². The molecule has 2 fully saturated rings. The lowest BCUT2D eigenvalue weighted by atomic mass is 9.98. The van der Waals surface area contributed by atoms with E-state index >= 15 is 4.39 Å². The van der Waals surface area contributed by atoms with E-state index in [0.717, 1.165) is 66.8 Å². The highest BCUT2D eigenvalue weighted by Gasteiger charge is 2.28. The minimum atomic E-state index is -0.286. The highest BCUT2D eigenvalue weighted by Crippen LogP contribution is 2.42. The third kappa shape index (κ3) is 6.95. The fourth-order valence-corrected chi connectivity index (χ4v) is 7.07. The van der Waals surface area contributed by atoms with E-state index in [2.05, 4.69) is 52.9 Å². The molecule has 0 unspecified atom stereocenters. The van der Waals surface area contributed by atoms with Crippen LogP contribution in [0.2, 0.25) is 0 Å². The first kappa shape index (κ1) is 29.2. The van der Waals surface area contributed by atoms with E-state index in [1.807, 2.05) is 18.2 Å². The average molecular weight is 584 g/mol. The van der Waals surface area contributed by atoms with Crippen molar-refractivity contribution < 1.29 is 4.39 Å². The number of piperidine rings is 2. The molecule has 1 aromatic carbocycles. The number of nitrogens with one attached hydrogen (secondary N) is 3. The Labute approximate surface area is 246 Å². The molecule has 0 amide bonds. The smallest absolute Gasteiger partial charge is 0.223 e. The Morgan fingerprint density at radius 2 is 1.88 bits per heavy atom. The highest BCUT2D eigenvalue weighted by molar-refractivity contribution is 8.00. The van der Waals surface area contributed by atoms with E-state index in [-0.39, 0.29) is 11.2 Å². The van der Waals surface area contributed by atoms with Gasteiger partial charge in [-0.15, -0.1) is 11.3 Å². The molecule has 5 rings (SSSR count). The molecule has 0 spiro atoms. The van der Waals surface area contributed by atoms with Crippen LogP contribution >= 0.6 is 23.3 Å². The molecule has 2 aromatic heterocycles. The molecule has 10 heteroatoms. The van der Waals surface area contributed by atoms with Crippen LogP contribution in [0.1, 0.15) is 64.8 Å². The van der Waals surface area contributed by atoms with Crippen molar-refractivity contribution in [3.8, 4) is 21.8 Å². The molecule has 2 aliphatic rings. The molecule has 2 aliphatic heterocycles. The summed E-state index contributed by atoms with van der Waals surface area (Å²) >= 11 is 3.11. The second-order valence-electron chi connectivity index (χ2n) is 11.8. The summed E-state index contributed by atoms with van der Waals surface area (Å²) in [5, 5.41) is 8.02. The first-order valence-corrected chi connectivity index (χ1v) is 16.4. The molecule has 0 atom stereocenters. The molecule has 3 aromatic rings. The third-order valence-corrected chi connectivity index (χ3v) is 10.1. The fourth-order valence-electron chi connectivity index (χ4n) is 5.34. The van der Waals surface area contributed by atoms with Gasteiger partial charge in [0.05, 0.1) is 27.0 Å². The van der Waals surface area contributed by atoms with E-state index in [4.69, 9.17) is 9.97 Å². The van der Waals surface area contributed by atoms with Crippen LogP contribution in [0.25, 0.3) is 21.8 Å². The van der Waals surface area contributed by atoms with Crippen molar-refractivity contribution in [3.63, 3.8) is 0 Å². The SMILES string of the molecule is CCCSNc1cccc(-c2nc(C(C)(C)C)sc2-c2ccnc(NC3CCN(C4CCNCC4)CC3)n2)c1F. The lowest BCUT2D eigenvalue weighted by Crippen LogP contribution is -2.48. The van der Waals surface area contributed by atoms with Crippen molar-refractivity contribution in [1.29, 1.82) is 0 Å². The lowest BCUT2D eigenvalue weighted by Gasteiger charge is -2.39. The molecule has 2 saturated heterocycles. The molecule has 0 radical (unpaired) electrons. The summed E-state index contributed by atoms with van der Waals surface area (Å²) in [6, 6.07) is 8.44. The quantitative estimate of drug-likeness (QED) is 0.188. The van der Waals surface area contributed by atoms with Crippen LogP contribution in [0.3, 0.4) is 0 Å². The van der Waals surface area contributed by atoms with Gasteiger partial charge in [-0.3, -0.25) is 0 Å². The summed E-state index contributed by atoms with van der Waals surface area (Å²) in [6.07, 6.45) is 7.47. The molecule has 0 bridgehead atoms. The Morgan fingerprint density at radius 1 is 1.10 bits per heavy atom. The maximum Gasteiger partial charge on any atom is 0.223 e. The Bertz CT molecular complexity index is 1260. The summed E-state index contributed by atoms with van der Waals surface area (Å²) in [5.41, 5.74) is 2.20. The molecular weight excluding hydrogens is 542 g/mol. The summed E-state index contributed by atoms with van der Waals surface area (Å²) in [7, 11) is 0. The average Bonchev–Trinajstić information content (AvgIpc) is 3.41. The van der Waals surface area contributed by atoms with Crippen LogP contribution < -0.4 is 15.4 Å². The number of aromatic nitrogens is 3. The van der Waals surface area contributed by atoms with Gasteiger partial charge in [0.25, 0.3) is 0 Å². The topological polar surface area (TPSA) is 78.0 Å². The number of halogens is 1. The third-order valence-electron chi connectivity index (χ3n) is 7.59. The minimum Gasteiger partial charge on any atom is -0.351 e.